The van der Waals surface area contributed by atoms with E-state index in [0.29, 0.717) is 22.3 Å². The molecular weight excluding hydrogens is 249 g/mol. The molecule has 3 rings (SSSR count). The van der Waals surface area contributed by atoms with Crippen molar-refractivity contribution in [3.05, 3.63) is 30.2 Å². The summed E-state index contributed by atoms with van der Waals surface area (Å²) in [6, 6.07) is 4.82. The molecule has 0 bridgehead atoms. The van der Waals surface area contributed by atoms with Gasteiger partial charge in [-0.3, -0.25) is 5.10 Å². The van der Waals surface area contributed by atoms with Gasteiger partial charge in [0.05, 0.1) is 24.4 Å². The van der Waals surface area contributed by atoms with Crippen LogP contribution in [0.5, 0.6) is 5.75 Å². The zero-order chi connectivity index (χ0) is 13.4. The number of nitrogen functional groups attached to an aromatic ring is 1. The highest BCUT2D eigenvalue weighted by Gasteiger charge is 2.16. The van der Waals surface area contributed by atoms with Crippen molar-refractivity contribution in [3.63, 3.8) is 0 Å². The minimum absolute atomic E-state index is 0.0500. The Morgan fingerprint density at radius 2 is 2.16 bits per heavy atom. The highest BCUT2D eigenvalue weighted by atomic mass is 19.1. The van der Waals surface area contributed by atoms with Gasteiger partial charge in [-0.15, -0.1) is 0 Å². The Labute approximate surface area is 107 Å². The fourth-order valence-electron chi connectivity index (χ4n) is 1.91. The smallest absolute Gasteiger partial charge is 0.222 e. The molecule has 2 aromatic heterocycles. The number of methoxy groups -OCH3 is 1. The van der Waals surface area contributed by atoms with Crippen LogP contribution in [0.25, 0.3) is 22.3 Å². The summed E-state index contributed by atoms with van der Waals surface area (Å²) in [6.45, 7) is 0. The van der Waals surface area contributed by atoms with Gasteiger partial charge in [0.25, 0.3) is 0 Å². The molecule has 0 saturated heterocycles. The summed E-state index contributed by atoms with van der Waals surface area (Å²) in [5.74, 6) is -0.300. The lowest BCUT2D eigenvalue weighted by Crippen LogP contribution is -1.99. The summed E-state index contributed by atoms with van der Waals surface area (Å²) >= 11 is 0. The van der Waals surface area contributed by atoms with E-state index in [2.05, 4.69) is 20.2 Å². The van der Waals surface area contributed by atoms with Crippen LogP contribution in [0.1, 0.15) is 0 Å². The Morgan fingerprint density at radius 1 is 1.32 bits per heavy atom. The summed E-state index contributed by atoms with van der Waals surface area (Å²) in [4.78, 5) is 8.08. The first-order valence-electron chi connectivity index (χ1n) is 5.50. The van der Waals surface area contributed by atoms with Gasteiger partial charge in [-0.25, -0.2) is 9.37 Å². The number of hydrogen-bond donors (Lipinski definition) is 2. The lowest BCUT2D eigenvalue weighted by molar-refractivity contribution is 0.387. The first kappa shape index (κ1) is 11.4. The van der Waals surface area contributed by atoms with Crippen LogP contribution in [0.4, 0.5) is 10.3 Å². The fraction of sp³-hybridized carbons (Fsp3) is 0.0833. The number of ether oxygens (including phenoxy) is 1. The predicted molar refractivity (Wildman–Crippen MR) is 68.0 cm³/mol. The monoisotopic (exact) mass is 259 g/mol. The molecule has 0 unspecified atom stereocenters. The van der Waals surface area contributed by atoms with E-state index < -0.39 is 5.82 Å². The van der Waals surface area contributed by atoms with E-state index in [-0.39, 0.29) is 11.7 Å². The van der Waals surface area contributed by atoms with Crippen LogP contribution < -0.4 is 10.5 Å². The van der Waals surface area contributed by atoms with Crippen molar-refractivity contribution < 1.29 is 9.13 Å². The van der Waals surface area contributed by atoms with Gasteiger partial charge in [0.2, 0.25) is 5.95 Å². The van der Waals surface area contributed by atoms with Gasteiger partial charge in [0.1, 0.15) is 0 Å². The molecule has 0 aliphatic rings. The van der Waals surface area contributed by atoms with Crippen LogP contribution in [0.2, 0.25) is 0 Å². The average Bonchev–Trinajstić information content (AvgIpc) is 2.86. The summed E-state index contributed by atoms with van der Waals surface area (Å²) in [7, 11) is 1.41. The third kappa shape index (κ3) is 1.75. The molecular formula is C12H10FN5O. The second-order valence-corrected chi connectivity index (χ2v) is 3.88. The highest BCUT2D eigenvalue weighted by molar-refractivity contribution is 5.91. The third-order valence-electron chi connectivity index (χ3n) is 2.77. The van der Waals surface area contributed by atoms with E-state index in [1.54, 1.807) is 12.1 Å². The summed E-state index contributed by atoms with van der Waals surface area (Å²) in [5, 5.41) is 7.15. The maximum absolute atomic E-state index is 14.3. The first-order valence-corrected chi connectivity index (χ1v) is 5.50. The molecule has 0 amide bonds. The van der Waals surface area contributed by atoms with Gasteiger partial charge in [0.15, 0.2) is 17.2 Å². The molecule has 0 saturated carbocycles. The minimum Gasteiger partial charge on any atom is -0.494 e. The Kier molecular flexibility index (Phi) is 2.52. The lowest BCUT2D eigenvalue weighted by Gasteiger charge is -2.08. The number of halogens is 1. The molecule has 7 heteroatoms. The van der Waals surface area contributed by atoms with Crippen molar-refractivity contribution in [1.29, 1.82) is 0 Å². The standard InChI is InChI=1S/C12H10FN5O/c1-19-8-4-2-3-6(9(8)13)10-7-5-15-18-11(7)17-12(14)16-10/h2-5H,1H3,(H3,14,15,16,17,18). The van der Waals surface area contributed by atoms with E-state index in [0.717, 1.165) is 0 Å². The predicted octanol–water partition coefficient (Wildman–Crippen LogP) is 1.75. The number of aromatic amines is 1. The lowest BCUT2D eigenvalue weighted by atomic mass is 10.1. The molecule has 0 fully saturated rings. The molecule has 2 heterocycles. The van der Waals surface area contributed by atoms with Crippen molar-refractivity contribution in [3.8, 4) is 17.0 Å². The Morgan fingerprint density at radius 3 is 2.95 bits per heavy atom. The maximum Gasteiger partial charge on any atom is 0.222 e. The van der Waals surface area contributed by atoms with Gasteiger partial charge in [-0.1, -0.05) is 6.07 Å². The maximum atomic E-state index is 14.3. The quantitative estimate of drug-likeness (QED) is 0.731. The number of H-pyrrole nitrogens is 1. The van der Waals surface area contributed by atoms with Crippen molar-refractivity contribution >= 4 is 17.0 Å². The van der Waals surface area contributed by atoms with Crippen LogP contribution in [-0.2, 0) is 0 Å². The van der Waals surface area contributed by atoms with Gasteiger partial charge >= 0.3 is 0 Å². The van der Waals surface area contributed by atoms with Crippen LogP contribution in [0, 0.1) is 5.82 Å². The largest absolute Gasteiger partial charge is 0.494 e. The third-order valence-corrected chi connectivity index (χ3v) is 2.77. The van der Waals surface area contributed by atoms with E-state index in [4.69, 9.17) is 10.5 Å². The Bertz CT molecular complexity index is 755. The van der Waals surface area contributed by atoms with E-state index >= 15 is 0 Å². The Hall–Kier alpha value is -2.70. The molecule has 0 spiro atoms. The number of hydrogen-bond acceptors (Lipinski definition) is 5. The topological polar surface area (TPSA) is 89.7 Å². The normalized spacial score (nSPS) is 10.8. The van der Waals surface area contributed by atoms with Gasteiger partial charge in [0, 0.05) is 5.56 Å². The number of nitrogens with zero attached hydrogens (tertiary/aromatic N) is 3. The van der Waals surface area contributed by atoms with Gasteiger partial charge in [-0.2, -0.15) is 10.1 Å². The molecule has 6 nitrogen and oxygen atoms in total. The molecule has 3 aromatic rings. The summed E-state index contributed by atoms with van der Waals surface area (Å²) in [5.41, 5.74) is 6.75. The zero-order valence-electron chi connectivity index (χ0n) is 10.0. The van der Waals surface area contributed by atoms with Crippen molar-refractivity contribution in [2.75, 3.05) is 12.8 Å². The second kappa shape index (κ2) is 4.20. The second-order valence-electron chi connectivity index (χ2n) is 3.88. The first-order chi connectivity index (χ1) is 9.20. The fourth-order valence-corrected chi connectivity index (χ4v) is 1.91. The molecule has 0 atom stereocenters. The summed E-state index contributed by atoms with van der Waals surface area (Å²) < 4.78 is 19.2. The molecule has 96 valence electrons. The molecule has 3 N–H and O–H groups in total. The van der Waals surface area contributed by atoms with Crippen molar-refractivity contribution in [2.24, 2.45) is 0 Å². The number of nitrogens with one attached hydrogen (secondary N) is 1. The van der Waals surface area contributed by atoms with Gasteiger partial charge in [-0.05, 0) is 12.1 Å². The van der Waals surface area contributed by atoms with Crippen LogP contribution in [0.15, 0.2) is 24.4 Å². The number of nitrogens with two attached hydrogens (primary N) is 1. The molecule has 19 heavy (non-hydrogen) atoms. The molecule has 0 aliphatic heterocycles. The van der Waals surface area contributed by atoms with E-state index in [1.165, 1.54) is 19.4 Å². The number of benzene rings is 1. The molecule has 0 radical (unpaired) electrons. The number of anilines is 1. The summed E-state index contributed by atoms with van der Waals surface area (Å²) in [6.07, 6.45) is 1.53. The van der Waals surface area contributed by atoms with Crippen LogP contribution in [0.3, 0.4) is 0 Å². The van der Waals surface area contributed by atoms with E-state index in [1.807, 2.05) is 0 Å². The number of fused-ring (bicyclic) bond motifs is 1. The Balaban J connectivity index is 2.33. The molecule has 0 aliphatic carbocycles. The number of aromatic nitrogens is 4. The van der Waals surface area contributed by atoms with Crippen molar-refractivity contribution in [1.82, 2.24) is 20.2 Å². The average molecular weight is 259 g/mol. The molecule has 1 aromatic carbocycles. The van der Waals surface area contributed by atoms with E-state index in [9.17, 15) is 4.39 Å². The number of rotatable bonds is 2. The van der Waals surface area contributed by atoms with Crippen molar-refractivity contribution in [2.45, 2.75) is 0 Å². The van der Waals surface area contributed by atoms with Gasteiger partial charge < -0.3 is 10.5 Å². The van der Waals surface area contributed by atoms with Crippen LogP contribution in [-0.4, -0.2) is 27.3 Å². The zero-order valence-corrected chi connectivity index (χ0v) is 10.0. The van der Waals surface area contributed by atoms with Crippen LogP contribution >= 0.6 is 0 Å². The highest BCUT2D eigenvalue weighted by Crippen LogP contribution is 2.31. The minimum atomic E-state index is -0.495. The SMILES string of the molecule is COc1cccc(-c2nc(N)nc3[nH]ncc23)c1F.